The molecule has 1 fully saturated rings. The van der Waals surface area contributed by atoms with Crippen LogP contribution in [0.5, 0.6) is 0 Å². The van der Waals surface area contributed by atoms with E-state index in [9.17, 15) is 4.21 Å². The summed E-state index contributed by atoms with van der Waals surface area (Å²) in [5, 5.41) is 7.24. The number of H-pyrrole nitrogens is 1. The second-order valence-corrected chi connectivity index (χ2v) is 9.37. The number of aromatic nitrogens is 2. The van der Waals surface area contributed by atoms with Gasteiger partial charge in [-0.25, -0.2) is 4.98 Å². The number of imidazole rings is 1. The summed E-state index contributed by atoms with van der Waals surface area (Å²) in [7, 11) is -0.698. The van der Waals surface area contributed by atoms with E-state index in [2.05, 4.69) is 33.6 Å². The van der Waals surface area contributed by atoms with Crippen molar-refractivity contribution >= 4 is 27.8 Å². The molecule has 154 valence electrons. The number of rotatable bonds is 8. The predicted octanol–water partition coefficient (Wildman–Crippen LogP) is 3.13. The molecule has 0 amide bonds. The Morgan fingerprint density at radius 1 is 1.32 bits per heavy atom. The zero-order chi connectivity index (χ0) is 19.8. The molecule has 3 atom stereocenters. The first-order chi connectivity index (χ1) is 13.7. The van der Waals surface area contributed by atoms with E-state index in [-0.39, 0.29) is 0 Å². The maximum atomic E-state index is 12.2. The average molecular weight is 404 g/mol. The van der Waals surface area contributed by atoms with Crippen molar-refractivity contribution in [3.63, 3.8) is 0 Å². The van der Waals surface area contributed by atoms with Gasteiger partial charge in [-0.2, -0.15) is 0 Å². The molecule has 0 radical (unpaired) electrons. The minimum absolute atomic E-state index is 0.326. The van der Waals surface area contributed by atoms with Gasteiger partial charge in [0.2, 0.25) is 0 Å². The molecule has 3 unspecified atom stereocenters. The third-order valence-electron chi connectivity index (χ3n) is 5.25. The van der Waals surface area contributed by atoms with Gasteiger partial charge in [0.05, 0.1) is 11.0 Å². The predicted molar refractivity (Wildman–Crippen MR) is 118 cm³/mol. The van der Waals surface area contributed by atoms with E-state index in [4.69, 9.17) is 4.99 Å². The second kappa shape index (κ2) is 10.6. The number of nitrogens with one attached hydrogen (secondary N) is 3. The number of aromatic amines is 1. The normalized spacial score (nSPS) is 21.6. The van der Waals surface area contributed by atoms with Gasteiger partial charge in [-0.1, -0.05) is 25.5 Å². The van der Waals surface area contributed by atoms with Gasteiger partial charge < -0.3 is 15.6 Å². The van der Waals surface area contributed by atoms with Crippen molar-refractivity contribution in [3.05, 3.63) is 30.1 Å². The van der Waals surface area contributed by atoms with Crippen LogP contribution in [0.25, 0.3) is 11.0 Å². The van der Waals surface area contributed by atoms with E-state index >= 15 is 0 Å². The summed E-state index contributed by atoms with van der Waals surface area (Å²) in [5.74, 6) is 2.65. The molecule has 1 heterocycles. The fourth-order valence-electron chi connectivity index (χ4n) is 3.83. The highest BCUT2D eigenvalue weighted by molar-refractivity contribution is 7.85. The fourth-order valence-corrected chi connectivity index (χ4v) is 5.17. The number of hydrogen-bond acceptors (Lipinski definition) is 3. The summed E-state index contributed by atoms with van der Waals surface area (Å²) in [6.07, 6.45) is 6.16. The van der Waals surface area contributed by atoms with Gasteiger partial charge in [0.25, 0.3) is 0 Å². The summed E-state index contributed by atoms with van der Waals surface area (Å²) >= 11 is 0. The average Bonchev–Trinajstić information content (AvgIpc) is 3.13. The summed E-state index contributed by atoms with van der Waals surface area (Å²) in [4.78, 5) is 12.7. The van der Waals surface area contributed by atoms with Crippen LogP contribution >= 0.6 is 0 Å². The minimum atomic E-state index is -0.698. The van der Waals surface area contributed by atoms with Crippen molar-refractivity contribution in [1.29, 1.82) is 0 Å². The zero-order valence-corrected chi connectivity index (χ0v) is 17.9. The molecule has 1 aromatic carbocycles. The molecule has 0 spiro atoms. The summed E-state index contributed by atoms with van der Waals surface area (Å²) in [6, 6.07) is 8.48. The van der Waals surface area contributed by atoms with Crippen LogP contribution in [0.3, 0.4) is 0 Å². The Bertz CT molecular complexity index is 770. The molecule has 2 aromatic rings. The topological polar surface area (TPSA) is 82.2 Å². The quantitative estimate of drug-likeness (QED) is 0.359. The van der Waals surface area contributed by atoms with Gasteiger partial charge in [0, 0.05) is 47.4 Å². The third kappa shape index (κ3) is 5.80. The van der Waals surface area contributed by atoms with Crippen molar-refractivity contribution in [2.24, 2.45) is 4.99 Å². The molecule has 1 aliphatic rings. The van der Waals surface area contributed by atoms with Crippen LogP contribution in [0.1, 0.15) is 51.8 Å². The van der Waals surface area contributed by atoms with Crippen LogP contribution in [0.15, 0.2) is 29.3 Å². The Balaban J connectivity index is 1.50. The lowest BCUT2D eigenvalue weighted by atomic mass is 9.95. The second-order valence-electron chi connectivity index (χ2n) is 7.36. The van der Waals surface area contributed by atoms with Gasteiger partial charge in [0.1, 0.15) is 5.82 Å². The molecule has 0 bridgehead atoms. The maximum absolute atomic E-state index is 12.2. The van der Waals surface area contributed by atoms with E-state index in [1.165, 1.54) is 0 Å². The SMILES string of the molecule is CCNC(=NCCCc1nc2ccccc2[nH]1)NC1CCCC(S(=O)CC)C1. The van der Waals surface area contributed by atoms with Gasteiger partial charge in [0.15, 0.2) is 5.96 Å². The first kappa shape index (κ1) is 20.8. The first-order valence-corrected chi connectivity index (χ1v) is 11.9. The number of aliphatic imine (C=N–C) groups is 1. The molecule has 1 aromatic heterocycles. The van der Waals surface area contributed by atoms with Crippen molar-refractivity contribution in [1.82, 2.24) is 20.6 Å². The van der Waals surface area contributed by atoms with Gasteiger partial charge in [-0.3, -0.25) is 9.20 Å². The Morgan fingerprint density at radius 2 is 2.18 bits per heavy atom. The number of fused-ring (bicyclic) bond motifs is 1. The first-order valence-electron chi connectivity index (χ1n) is 10.5. The lowest BCUT2D eigenvalue weighted by Crippen LogP contribution is -2.46. The molecular formula is C21H33N5OS. The Kier molecular flexibility index (Phi) is 7.89. The molecule has 7 heteroatoms. The lowest BCUT2D eigenvalue weighted by Gasteiger charge is -2.30. The number of benzene rings is 1. The van der Waals surface area contributed by atoms with Crippen LogP contribution in [-0.4, -0.2) is 50.3 Å². The molecule has 0 saturated heterocycles. The van der Waals surface area contributed by atoms with Crippen LogP contribution in [0, 0.1) is 0 Å². The number of aryl methyl sites for hydroxylation is 1. The Morgan fingerprint density at radius 3 is 2.96 bits per heavy atom. The molecule has 6 nitrogen and oxygen atoms in total. The molecule has 28 heavy (non-hydrogen) atoms. The molecular weight excluding hydrogens is 370 g/mol. The van der Waals surface area contributed by atoms with Crippen LogP contribution in [0.4, 0.5) is 0 Å². The third-order valence-corrected chi connectivity index (χ3v) is 6.99. The van der Waals surface area contributed by atoms with E-state index in [1.54, 1.807) is 0 Å². The molecule has 1 aliphatic carbocycles. The van der Waals surface area contributed by atoms with Crippen molar-refractivity contribution in [2.45, 2.75) is 63.7 Å². The minimum Gasteiger partial charge on any atom is -0.357 e. The molecule has 3 rings (SSSR count). The van der Waals surface area contributed by atoms with Crippen molar-refractivity contribution < 1.29 is 4.21 Å². The molecule has 3 N–H and O–H groups in total. The Hall–Kier alpha value is -1.89. The van der Waals surface area contributed by atoms with E-state index < -0.39 is 10.8 Å². The lowest BCUT2D eigenvalue weighted by molar-refractivity contribution is 0.413. The van der Waals surface area contributed by atoms with E-state index in [1.807, 2.05) is 25.1 Å². The van der Waals surface area contributed by atoms with Gasteiger partial charge in [-0.05, 0) is 44.7 Å². The van der Waals surface area contributed by atoms with Crippen LogP contribution in [0.2, 0.25) is 0 Å². The van der Waals surface area contributed by atoms with Gasteiger partial charge >= 0.3 is 0 Å². The van der Waals surface area contributed by atoms with Crippen LogP contribution < -0.4 is 10.6 Å². The van der Waals surface area contributed by atoms with Crippen molar-refractivity contribution in [3.8, 4) is 0 Å². The summed E-state index contributed by atoms with van der Waals surface area (Å²) in [6.45, 7) is 5.69. The van der Waals surface area contributed by atoms with E-state index in [0.717, 1.165) is 80.2 Å². The largest absolute Gasteiger partial charge is 0.357 e. The number of para-hydroxylation sites is 2. The number of guanidine groups is 1. The smallest absolute Gasteiger partial charge is 0.191 e. The highest BCUT2D eigenvalue weighted by Gasteiger charge is 2.25. The Labute approximate surface area is 170 Å². The van der Waals surface area contributed by atoms with E-state index in [0.29, 0.717) is 11.3 Å². The summed E-state index contributed by atoms with van der Waals surface area (Å²) in [5.41, 5.74) is 2.11. The zero-order valence-electron chi connectivity index (χ0n) is 17.0. The summed E-state index contributed by atoms with van der Waals surface area (Å²) < 4.78 is 12.2. The molecule has 0 aliphatic heterocycles. The highest BCUT2D eigenvalue weighted by atomic mass is 32.2. The highest BCUT2D eigenvalue weighted by Crippen LogP contribution is 2.23. The molecule has 1 saturated carbocycles. The van der Waals surface area contributed by atoms with Crippen LogP contribution in [-0.2, 0) is 17.2 Å². The monoisotopic (exact) mass is 403 g/mol. The number of hydrogen-bond donors (Lipinski definition) is 3. The maximum Gasteiger partial charge on any atom is 0.191 e. The fraction of sp³-hybridized carbons (Fsp3) is 0.619. The standard InChI is InChI=1S/C21H33N5OS/c1-3-22-21(24-16-9-7-10-17(15-16)28(27)4-2)23-14-8-13-20-25-18-11-5-6-12-19(18)26-20/h5-6,11-12,16-17H,3-4,7-10,13-15H2,1-2H3,(H,25,26)(H2,22,23,24). The number of nitrogens with zero attached hydrogens (tertiary/aromatic N) is 2. The van der Waals surface area contributed by atoms with Crippen molar-refractivity contribution in [2.75, 3.05) is 18.8 Å². The van der Waals surface area contributed by atoms with Gasteiger partial charge in [-0.15, -0.1) is 0 Å².